The van der Waals surface area contributed by atoms with Crippen LogP contribution in [0.2, 0.25) is 0 Å². The van der Waals surface area contributed by atoms with E-state index in [1.807, 2.05) is 45.9 Å². The largest absolute Gasteiger partial charge is 0.336 e. The highest BCUT2D eigenvalue weighted by Gasteiger charge is 2.35. The molecule has 1 aromatic rings. The topological polar surface area (TPSA) is 52.6 Å². The van der Waals surface area contributed by atoms with Crippen LogP contribution in [0, 0.1) is 13.8 Å². The number of rotatable bonds is 2. The third-order valence-corrected chi connectivity index (χ3v) is 4.20. The van der Waals surface area contributed by atoms with Gasteiger partial charge in [-0.3, -0.25) is 4.79 Å². The molecule has 3 amide bonds. The van der Waals surface area contributed by atoms with Gasteiger partial charge in [0.1, 0.15) is 6.04 Å². The van der Waals surface area contributed by atoms with Gasteiger partial charge < -0.3 is 15.1 Å². The fourth-order valence-corrected chi connectivity index (χ4v) is 2.74. The van der Waals surface area contributed by atoms with E-state index in [-0.39, 0.29) is 18.0 Å². The summed E-state index contributed by atoms with van der Waals surface area (Å²) in [6.07, 6.45) is 0. The van der Waals surface area contributed by atoms with Crippen LogP contribution in [0.3, 0.4) is 0 Å². The molecule has 2 rings (SSSR count). The lowest BCUT2D eigenvalue weighted by molar-refractivity contribution is -0.124. The van der Waals surface area contributed by atoms with Gasteiger partial charge in [-0.25, -0.2) is 4.79 Å². The zero-order valence-electron chi connectivity index (χ0n) is 14.0. The number of carbonyl (C=O) groups excluding carboxylic acids is 2. The summed E-state index contributed by atoms with van der Waals surface area (Å²) in [7, 11) is 0. The summed E-state index contributed by atoms with van der Waals surface area (Å²) in [5, 5.41) is 2.85. The summed E-state index contributed by atoms with van der Waals surface area (Å²) in [5.74, 6) is -0.0288. The molecule has 1 aromatic carbocycles. The second-order valence-electron chi connectivity index (χ2n) is 6.18. The van der Waals surface area contributed by atoms with E-state index < -0.39 is 6.04 Å². The third kappa shape index (κ3) is 3.08. The predicted octanol–water partition coefficient (Wildman–Crippen LogP) is 2.46. The first-order chi connectivity index (χ1) is 10.3. The highest BCUT2D eigenvalue weighted by atomic mass is 16.2. The van der Waals surface area contributed by atoms with Crippen LogP contribution in [0.25, 0.3) is 0 Å². The molecule has 22 heavy (non-hydrogen) atoms. The van der Waals surface area contributed by atoms with Crippen molar-refractivity contribution in [3.8, 4) is 0 Å². The van der Waals surface area contributed by atoms with Crippen LogP contribution in [0.1, 0.15) is 31.9 Å². The molecule has 1 fully saturated rings. The molecule has 0 aromatic heterocycles. The summed E-state index contributed by atoms with van der Waals surface area (Å²) in [6, 6.07) is 5.42. The highest BCUT2D eigenvalue weighted by Crippen LogP contribution is 2.26. The average Bonchev–Trinajstić information content (AvgIpc) is 2.44. The number of nitrogens with one attached hydrogen (secondary N) is 1. The van der Waals surface area contributed by atoms with Crippen LogP contribution >= 0.6 is 0 Å². The Morgan fingerprint density at radius 3 is 2.59 bits per heavy atom. The zero-order valence-corrected chi connectivity index (χ0v) is 14.0. The fourth-order valence-electron chi connectivity index (χ4n) is 2.74. The van der Waals surface area contributed by atoms with Crippen LogP contribution < -0.4 is 10.2 Å². The monoisotopic (exact) mass is 303 g/mol. The number of nitrogens with zero attached hydrogens (tertiary/aromatic N) is 2. The van der Waals surface area contributed by atoms with Crippen molar-refractivity contribution in [3.05, 3.63) is 29.3 Å². The standard InChI is InChI=1S/C17H25N3O2/c1-11(2)18-17(22)19-9-10-20(16(21)14(19)5)15-8-6-7-12(3)13(15)4/h6-8,11,14H,9-10H2,1-5H3,(H,18,22). The van der Waals surface area contributed by atoms with Crippen molar-refractivity contribution in [1.82, 2.24) is 10.2 Å². The quantitative estimate of drug-likeness (QED) is 0.912. The van der Waals surface area contributed by atoms with Crippen LogP contribution in [-0.4, -0.2) is 42.0 Å². The first-order valence-corrected chi connectivity index (χ1v) is 7.77. The lowest BCUT2D eigenvalue weighted by Crippen LogP contribution is -2.60. The Morgan fingerprint density at radius 1 is 1.27 bits per heavy atom. The van der Waals surface area contributed by atoms with Crippen LogP contribution in [-0.2, 0) is 4.79 Å². The predicted molar refractivity (Wildman–Crippen MR) is 88.1 cm³/mol. The second-order valence-corrected chi connectivity index (χ2v) is 6.18. The molecule has 0 saturated carbocycles. The first kappa shape index (κ1) is 16.3. The minimum atomic E-state index is -0.451. The molecule has 1 aliphatic rings. The van der Waals surface area contributed by atoms with Crippen molar-refractivity contribution in [2.45, 2.75) is 46.7 Å². The molecule has 120 valence electrons. The van der Waals surface area contributed by atoms with Gasteiger partial charge in [0.25, 0.3) is 0 Å². The van der Waals surface area contributed by atoms with E-state index in [4.69, 9.17) is 0 Å². The molecule has 0 aliphatic carbocycles. The maximum Gasteiger partial charge on any atom is 0.318 e. The smallest absolute Gasteiger partial charge is 0.318 e. The van der Waals surface area contributed by atoms with Gasteiger partial charge in [-0.15, -0.1) is 0 Å². The van der Waals surface area contributed by atoms with Gasteiger partial charge >= 0.3 is 6.03 Å². The molecule has 1 N–H and O–H groups in total. The van der Waals surface area contributed by atoms with Crippen LogP contribution in [0.15, 0.2) is 18.2 Å². The molecule has 1 atom stereocenters. The van der Waals surface area contributed by atoms with Crippen molar-refractivity contribution >= 4 is 17.6 Å². The van der Waals surface area contributed by atoms with Crippen molar-refractivity contribution in [2.24, 2.45) is 0 Å². The Kier molecular flexibility index (Phi) is 4.74. The summed E-state index contributed by atoms with van der Waals surface area (Å²) >= 11 is 0. The SMILES string of the molecule is Cc1cccc(N2CCN(C(=O)NC(C)C)C(C)C2=O)c1C. The summed E-state index contributed by atoms with van der Waals surface area (Å²) < 4.78 is 0. The molecule has 5 nitrogen and oxygen atoms in total. The lowest BCUT2D eigenvalue weighted by atomic mass is 10.1. The van der Waals surface area contributed by atoms with Crippen LogP contribution in [0.4, 0.5) is 10.5 Å². The van der Waals surface area contributed by atoms with Gasteiger partial charge in [-0.2, -0.15) is 0 Å². The Bertz CT molecular complexity index is 583. The Morgan fingerprint density at radius 2 is 1.95 bits per heavy atom. The van der Waals surface area contributed by atoms with E-state index in [1.54, 1.807) is 16.7 Å². The Labute approximate surface area is 132 Å². The number of anilines is 1. The number of amides is 3. The number of urea groups is 1. The molecule has 1 saturated heterocycles. The summed E-state index contributed by atoms with van der Waals surface area (Å²) in [5.41, 5.74) is 3.22. The van der Waals surface area contributed by atoms with E-state index in [1.165, 1.54) is 0 Å². The number of aryl methyl sites for hydroxylation is 1. The normalized spacial score (nSPS) is 18.8. The van der Waals surface area contributed by atoms with Crippen molar-refractivity contribution in [2.75, 3.05) is 18.0 Å². The van der Waals surface area contributed by atoms with Gasteiger partial charge in [-0.1, -0.05) is 12.1 Å². The van der Waals surface area contributed by atoms with Gasteiger partial charge in [0.15, 0.2) is 0 Å². The molecule has 0 spiro atoms. The van der Waals surface area contributed by atoms with Gasteiger partial charge in [0, 0.05) is 24.8 Å². The number of piperazine rings is 1. The first-order valence-electron chi connectivity index (χ1n) is 7.77. The number of hydrogen-bond acceptors (Lipinski definition) is 2. The summed E-state index contributed by atoms with van der Waals surface area (Å²) in [6.45, 7) is 10.8. The molecule has 1 unspecified atom stereocenters. The Hall–Kier alpha value is -2.04. The number of hydrogen-bond donors (Lipinski definition) is 1. The maximum absolute atomic E-state index is 12.7. The van der Waals surface area contributed by atoms with Gasteiger partial charge in [0.05, 0.1) is 0 Å². The van der Waals surface area contributed by atoms with Gasteiger partial charge in [-0.05, 0) is 51.8 Å². The second kappa shape index (κ2) is 6.38. The highest BCUT2D eigenvalue weighted by molar-refractivity contribution is 6.00. The number of benzene rings is 1. The summed E-state index contributed by atoms with van der Waals surface area (Å²) in [4.78, 5) is 28.3. The Balaban J connectivity index is 2.19. The third-order valence-electron chi connectivity index (χ3n) is 4.20. The van der Waals surface area contributed by atoms with E-state index in [0.717, 1.165) is 16.8 Å². The van der Waals surface area contributed by atoms with E-state index in [9.17, 15) is 9.59 Å². The van der Waals surface area contributed by atoms with E-state index in [2.05, 4.69) is 5.32 Å². The van der Waals surface area contributed by atoms with Crippen molar-refractivity contribution < 1.29 is 9.59 Å². The van der Waals surface area contributed by atoms with Crippen molar-refractivity contribution in [3.63, 3.8) is 0 Å². The molecule has 5 heteroatoms. The van der Waals surface area contributed by atoms with E-state index in [0.29, 0.717) is 13.1 Å². The molecule has 0 radical (unpaired) electrons. The van der Waals surface area contributed by atoms with Crippen molar-refractivity contribution in [1.29, 1.82) is 0 Å². The minimum absolute atomic E-state index is 0.0288. The molecule has 0 bridgehead atoms. The average molecular weight is 303 g/mol. The number of carbonyl (C=O) groups is 2. The van der Waals surface area contributed by atoms with Crippen LogP contribution in [0.5, 0.6) is 0 Å². The lowest BCUT2D eigenvalue weighted by Gasteiger charge is -2.39. The zero-order chi connectivity index (χ0) is 16.4. The molecular weight excluding hydrogens is 278 g/mol. The molecular formula is C17H25N3O2. The van der Waals surface area contributed by atoms with Gasteiger partial charge in [0.2, 0.25) is 5.91 Å². The molecule has 1 heterocycles. The van der Waals surface area contributed by atoms with E-state index >= 15 is 0 Å². The maximum atomic E-state index is 12.7. The fraction of sp³-hybridized carbons (Fsp3) is 0.529. The minimum Gasteiger partial charge on any atom is -0.336 e. The molecule has 1 aliphatic heterocycles.